The van der Waals surface area contributed by atoms with Crippen molar-refractivity contribution in [1.82, 2.24) is 4.90 Å². The lowest BCUT2D eigenvalue weighted by Crippen LogP contribution is -2.28. The van der Waals surface area contributed by atoms with Crippen molar-refractivity contribution < 1.29 is 4.79 Å². The molecule has 0 fully saturated rings. The van der Waals surface area contributed by atoms with Gasteiger partial charge in [0.05, 0.1) is 0 Å². The lowest BCUT2D eigenvalue weighted by atomic mass is 10.1. The van der Waals surface area contributed by atoms with E-state index in [1.165, 1.54) is 0 Å². The van der Waals surface area contributed by atoms with Gasteiger partial charge in [-0.3, -0.25) is 4.79 Å². The molecule has 0 saturated heterocycles. The molecule has 0 unspecified atom stereocenters. The summed E-state index contributed by atoms with van der Waals surface area (Å²) in [5, 5.41) is 0. The molecular weight excluding hydrogens is 302 g/mol. The molecule has 19 heavy (non-hydrogen) atoms. The number of Topliss-reactive ketones (excluding diaryl/α,β-unsaturated/α-hetero) is 1. The van der Waals surface area contributed by atoms with Crippen molar-refractivity contribution in [3.8, 4) is 0 Å². The number of carbonyl (C=O) groups excluding carboxylic acids is 1. The first-order chi connectivity index (χ1) is 9.02. The lowest BCUT2D eigenvalue weighted by Gasteiger charge is -2.22. The first-order valence-corrected chi connectivity index (χ1v) is 7.83. The van der Waals surface area contributed by atoms with Crippen LogP contribution in [0.25, 0.3) is 0 Å². The number of carbonyl (C=O) groups is 1. The van der Waals surface area contributed by atoms with E-state index in [2.05, 4.69) is 41.6 Å². The summed E-state index contributed by atoms with van der Waals surface area (Å²) in [6, 6.07) is 7.62. The Bertz CT molecular complexity index is 386. The number of benzene rings is 1. The van der Waals surface area contributed by atoms with E-state index in [1.807, 2.05) is 24.3 Å². The number of hydrogen-bond donors (Lipinski definition) is 0. The highest BCUT2D eigenvalue weighted by Crippen LogP contribution is 2.13. The molecule has 0 N–H and O–H groups in total. The number of halogens is 1. The Morgan fingerprint density at radius 2 is 1.89 bits per heavy atom. The van der Waals surface area contributed by atoms with Crippen molar-refractivity contribution in [2.24, 2.45) is 5.92 Å². The Morgan fingerprint density at radius 1 is 1.26 bits per heavy atom. The van der Waals surface area contributed by atoms with Crippen LogP contribution in [0.5, 0.6) is 0 Å². The zero-order valence-corrected chi connectivity index (χ0v) is 13.7. The average Bonchev–Trinajstić information content (AvgIpc) is 2.37. The van der Waals surface area contributed by atoms with Crippen LogP contribution in [0.15, 0.2) is 28.7 Å². The van der Waals surface area contributed by atoms with E-state index >= 15 is 0 Å². The van der Waals surface area contributed by atoms with Gasteiger partial charge < -0.3 is 4.90 Å². The van der Waals surface area contributed by atoms with E-state index in [0.29, 0.717) is 12.3 Å². The third-order valence-electron chi connectivity index (χ3n) is 3.11. The molecule has 3 heteroatoms. The molecule has 0 amide bonds. The monoisotopic (exact) mass is 325 g/mol. The zero-order valence-electron chi connectivity index (χ0n) is 12.2. The fourth-order valence-corrected chi connectivity index (χ4v) is 2.40. The molecule has 0 radical (unpaired) electrons. The maximum absolute atomic E-state index is 12.0. The van der Waals surface area contributed by atoms with Crippen LogP contribution in [-0.4, -0.2) is 30.3 Å². The van der Waals surface area contributed by atoms with Gasteiger partial charge in [-0.2, -0.15) is 0 Å². The van der Waals surface area contributed by atoms with Gasteiger partial charge in [-0.15, -0.1) is 0 Å². The van der Waals surface area contributed by atoms with Crippen molar-refractivity contribution in [3.63, 3.8) is 0 Å². The molecular formula is C16H24BrNO. The largest absolute Gasteiger partial charge is 0.303 e. The van der Waals surface area contributed by atoms with Crippen molar-refractivity contribution >= 4 is 21.7 Å². The number of rotatable bonds is 8. The molecule has 0 saturated carbocycles. The van der Waals surface area contributed by atoms with E-state index < -0.39 is 0 Å². The Hall–Kier alpha value is -0.670. The van der Waals surface area contributed by atoms with Crippen LogP contribution in [-0.2, 0) is 0 Å². The van der Waals surface area contributed by atoms with Gasteiger partial charge in [0.2, 0.25) is 0 Å². The summed E-state index contributed by atoms with van der Waals surface area (Å²) in [7, 11) is 0. The summed E-state index contributed by atoms with van der Waals surface area (Å²) in [5.74, 6) is 0.926. The van der Waals surface area contributed by atoms with Crippen LogP contribution in [0.1, 0.15) is 44.0 Å². The van der Waals surface area contributed by atoms with Gasteiger partial charge in [-0.1, -0.05) is 48.8 Å². The topological polar surface area (TPSA) is 20.3 Å². The average molecular weight is 326 g/mol. The number of nitrogens with zero attached hydrogens (tertiary/aromatic N) is 1. The molecule has 0 bridgehead atoms. The van der Waals surface area contributed by atoms with E-state index in [-0.39, 0.29) is 5.78 Å². The van der Waals surface area contributed by atoms with Gasteiger partial charge in [0.25, 0.3) is 0 Å². The first-order valence-electron chi connectivity index (χ1n) is 7.04. The van der Waals surface area contributed by atoms with Gasteiger partial charge in [0.15, 0.2) is 5.78 Å². The fraction of sp³-hybridized carbons (Fsp3) is 0.562. The second kappa shape index (κ2) is 8.49. The van der Waals surface area contributed by atoms with Crippen LogP contribution in [0.3, 0.4) is 0 Å². The first kappa shape index (κ1) is 16.4. The minimum absolute atomic E-state index is 0.244. The maximum atomic E-state index is 12.0. The molecule has 0 aliphatic carbocycles. The minimum Gasteiger partial charge on any atom is -0.303 e. The summed E-state index contributed by atoms with van der Waals surface area (Å²) >= 11 is 3.38. The van der Waals surface area contributed by atoms with E-state index in [1.54, 1.807) is 0 Å². The predicted octanol–water partition coefficient (Wildman–Crippen LogP) is 4.39. The fourth-order valence-electron chi connectivity index (χ4n) is 2.14. The molecule has 1 rings (SSSR count). The molecule has 0 spiro atoms. The third-order valence-corrected chi connectivity index (χ3v) is 3.64. The summed E-state index contributed by atoms with van der Waals surface area (Å²) < 4.78 is 1.01. The van der Waals surface area contributed by atoms with Crippen LogP contribution in [0.4, 0.5) is 0 Å². The molecule has 2 nitrogen and oxygen atoms in total. The smallest absolute Gasteiger partial charge is 0.162 e. The molecule has 0 heterocycles. The Kier molecular flexibility index (Phi) is 7.32. The van der Waals surface area contributed by atoms with Crippen LogP contribution in [0.2, 0.25) is 0 Å². The number of hydrogen-bond acceptors (Lipinski definition) is 2. The van der Waals surface area contributed by atoms with Crippen molar-refractivity contribution in [1.29, 1.82) is 0 Å². The molecule has 1 aromatic rings. The summed E-state index contributed by atoms with van der Waals surface area (Å²) in [6.45, 7) is 9.83. The Labute approximate surface area is 125 Å². The van der Waals surface area contributed by atoms with Gasteiger partial charge in [-0.25, -0.2) is 0 Å². The standard InChI is InChI=1S/C16H24BrNO/c1-4-18(12-13(2)3)11-5-6-16(19)14-7-9-15(17)10-8-14/h7-10,13H,4-6,11-12H2,1-3H3. The molecule has 0 aliphatic heterocycles. The second-order valence-corrected chi connectivity index (χ2v) is 6.24. The van der Waals surface area contributed by atoms with Crippen molar-refractivity contribution in [3.05, 3.63) is 34.3 Å². The van der Waals surface area contributed by atoms with Crippen LogP contribution >= 0.6 is 15.9 Å². The highest BCUT2D eigenvalue weighted by molar-refractivity contribution is 9.10. The molecule has 0 atom stereocenters. The highest BCUT2D eigenvalue weighted by atomic mass is 79.9. The zero-order chi connectivity index (χ0) is 14.3. The molecule has 0 aromatic heterocycles. The van der Waals surface area contributed by atoms with Crippen LogP contribution < -0.4 is 0 Å². The van der Waals surface area contributed by atoms with Gasteiger partial charge in [0, 0.05) is 23.0 Å². The quantitative estimate of drug-likeness (QED) is 0.660. The van der Waals surface area contributed by atoms with Crippen LogP contribution in [0, 0.1) is 5.92 Å². The maximum Gasteiger partial charge on any atom is 0.162 e. The summed E-state index contributed by atoms with van der Waals surface area (Å²) in [5.41, 5.74) is 0.815. The predicted molar refractivity (Wildman–Crippen MR) is 84.7 cm³/mol. The van der Waals surface area contributed by atoms with Crippen molar-refractivity contribution in [2.45, 2.75) is 33.6 Å². The molecule has 0 aliphatic rings. The van der Waals surface area contributed by atoms with E-state index in [0.717, 1.165) is 36.1 Å². The normalized spacial score (nSPS) is 11.3. The van der Waals surface area contributed by atoms with E-state index in [4.69, 9.17) is 0 Å². The van der Waals surface area contributed by atoms with Crippen molar-refractivity contribution in [2.75, 3.05) is 19.6 Å². The third kappa shape index (κ3) is 6.35. The highest BCUT2D eigenvalue weighted by Gasteiger charge is 2.08. The van der Waals surface area contributed by atoms with Gasteiger partial charge in [0.1, 0.15) is 0 Å². The Morgan fingerprint density at radius 3 is 2.42 bits per heavy atom. The SMILES string of the molecule is CCN(CCCC(=O)c1ccc(Br)cc1)CC(C)C. The Balaban J connectivity index is 2.35. The van der Waals surface area contributed by atoms with Gasteiger partial charge >= 0.3 is 0 Å². The van der Waals surface area contributed by atoms with E-state index in [9.17, 15) is 4.79 Å². The number of ketones is 1. The summed E-state index contributed by atoms with van der Waals surface area (Å²) in [4.78, 5) is 14.4. The second-order valence-electron chi connectivity index (χ2n) is 5.32. The molecule has 106 valence electrons. The van der Waals surface area contributed by atoms with Gasteiger partial charge in [-0.05, 0) is 37.6 Å². The summed E-state index contributed by atoms with van der Waals surface area (Å²) in [6.07, 6.45) is 1.58. The lowest BCUT2D eigenvalue weighted by molar-refractivity contribution is 0.0974. The minimum atomic E-state index is 0.244. The molecule has 1 aromatic carbocycles.